The van der Waals surface area contributed by atoms with E-state index in [0.717, 1.165) is 11.1 Å². The van der Waals surface area contributed by atoms with Crippen LogP contribution in [0.4, 0.5) is 0 Å². The molecule has 33 heavy (non-hydrogen) atoms. The van der Waals surface area contributed by atoms with E-state index in [2.05, 4.69) is 21.0 Å². The number of nitrogens with one attached hydrogen (secondary N) is 2. The molecule has 0 aliphatic rings. The van der Waals surface area contributed by atoms with Crippen LogP contribution in [0.2, 0.25) is 5.02 Å². The molecule has 2 heterocycles. The van der Waals surface area contributed by atoms with Crippen molar-refractivity contribution in [2.45, 2.75) is 19.4 Å². The summed E-state index contributed by atoms with van der Waals surface area (Å²) in [6.07, 6.45) is 0.355. The van der Waals surface area contributed by atoms with Crippen molar-refractivity contribution in [1.82, 2.24) is 21.0 Å². The number of hydrogen-bond acceptors (Lipinski definition) is 7. The molecule has 0 atom stereocenters. The number of hydrogen-bond donors (Lipinski definition) is 2. The van der Waals surface area contributed by atoms with E-state index in [1.54, 1.807) is 48.5 Å². The third-order valence-corrected chi connectivity index (χ3v) is 5.50. The van der Waals surface area contributed by atoms with E-state index in [0.29, 0.717) is 34.7 Å². The third-order valence-electron chi connectivity index (χ3n) is 4.56. The number of halogens is 1. The summed E-state index contributed by atoms with van der Waals surface area (Å²) in [6, 6.07) is 15.9. The van der Waals surface area contributed by atoms with Crippen molar-refractivity contribution >= 4 is 34.8 Å². The lowest BCUT2D eigenvalue weighted by molar-refractivity contribution is -0.121. The van der Waals surface area contributed by atoms with E-state index in [4.69, 9.17) is 20.9 Å². The summed E-state index contributed by atoms with van der Waals surface area (Å²) in [6.45, 7) is 0.351. The van der Waals surface area contributed by atoms with Crippen LogP contribution in [0.5, 0.6) is 5.75 Å². The summed E-state index contributed by atoms with van der Waals surface area (Å²) in [7, 11) is 0. The molecule has 0 spiro atoms. The number of carbonyl (C=O) groups is 2. The lowest BCUT2D eigenvalue weighted by atomic mass is 10.1. The summed E-state index contributed by atoms with van der Waals surface area (Å²) >= 11 is 7.39. The second kappa shape index (κ2) is 10.8. The molecule has 2 aromatic carbocycles. The average Bonchev–Trinajstić information content (AvgIpc) is 3.53. The smallest absolute Gasteiger partial charge is 0.269 e. The van der Waals surface area contributed by atoms with Gasteiger partial charge in [-0.05, 0) is 53.4 Å². The first-order chi connectivity index (χ1) is 16.1. The summed E-state index contributed by atoms with van der Waals surface area (Å²) in [4.78, 5) is 28.6. The molecule has 4 rings (SSSR count). The highest BCUT2D eigenvalue weighted by Gasteiger charge is 2.12. The molecule has 0 bridgehead atoms. The van der Waals surface area contributed by atoms with Crippen LogP contribution in [0, 0.1) is 0 Å². The zero-order chi connectivity index (χ0) is 23.0. The highest BCUT2D eigenvalue weighted by molar-refractivity contribution is 7.08. The Morgan fingerprint density at radius 1 is 1.03 bits per heavy atom. The Bertz CT molecular complexity index is 1210. The lowest BCUT2D eigenvalue weighted by Crippen LogP contribution is -2.41. The molecule has 0 saturated carbocycles. The number of nitrogens with zero attached hydrogens (tertiary/aromatic N) is 2. The number of ether oxygens (including phenoxy) is 1. The molecule has 0 unspecified atom stereocenters. The van der Waals surface area contributed by atoms with Gasteiger partial charge in [-0.2, -0.15) is 16.3 Å². The van der Waals surface area contributed by atoms with Crippen molar-refractivity contribution in [2.24, 2.45) is 0 Å². The summed E-state index contributed by atoms with van der Waals surface area (Å²) < 4.78 is 10.8. The van der Waals surface area contributed by atoms with Gasteiger partial charge < -0.3 is 9.26 Å². The molecule has 0 fully saturated rings. The zero-order valence-corrected chi connectivity index (χ0v) is 18.9. The minimum atomic E-state index is -0.425. The number of thiophene rings is 1. The largest absolute Gasteiger partial charge is 0.489 e. The van der Waals surface area contributed by atoms with Gasteiger partial charge in [0.2, 0.25) is 17.6 Å². The Morgan fingerprint density at radius 2 is 1.82 bits per heavy atom. The minimum absolute atomic E-state index is 0.0898. The Kier molecular flexibility index (Phi) is 7.33. The van der Waals surface area contributed by atoms with Gasteiger partial charge >= 0.3 is 0 Å². The number of rotatable bonds is 8. The number of aryl methyl sites for hydroxylation is 1. The number of carbonyl (C=O) groups excluding carboxylic acids is 2. The van der Waals surface area contributed by atoms with Crippen LogP contribution >= 0.6 is 22.9 Å². The van der Waals surface area contributed by atoms with Gasteiger partial charge in [0.15, 0.2) is 0 Å². The third kappa shape index (κ3) is 6.41. The monoisotopic (exact) mass is 482 g/mol. The predicted molar refractivity (Wildman–Crippen MR) is 124 cm³/mol. The summed E-state index contributed by atoms with van der Waals surface area (Å²) in [5.74, 6) is 0.751. The molecule has 0 aliphatic carbocycles. The van der Waals surface area contributed by atoms with Crippen LogP contribution in [0.15, 0.2) is 69.9 Å². The summed E-state index contributed by atoms with van der Waals surface area (Å²) in [5.41, 5.74) is 6.96. The van der Waals surface area contributed by atoms with Crippen LogP contribution in [0.1, 0.15) is 28.2 Å². The van der Waals surface area contributed by atoms with Crippen LogP contribution in [-0.2, 0) is 17.8 Å². The lowest BCUT2D eigenvalue weighted by Gasteiger charge is -2.09. The van der Waals surface area contributed by atoms with E-state index < -0.39 is 5.91 Å². The number of amides is 2. The summed E-state index contributed by atoms with van der Waals surface area (Å²) in [5, 5.41) is 8.37. The Morgan fingerprint density at radius 3 is 2.55 bits per heavy atom. The first-order valence-corrected chi connectivity index (χ1v) is 11.3. The molecule has 2 N–H and O–H groups in total. The molecule has 10 heteroatoms. The molecule has 2 amide bonds. The van der Waals surface area contributed by atoms with E-state index in [-0.39, 0.29) is 18.7 Å². The fourth-order valence-electron chi connectivity index (χ4n) is 2.80. The van der Waals surface area contributed by atoms with Crippen molar-refractivity contribution in [3.63, 3.8) is 0 Å². The fourth-order valence-corrected chi connectivity index (χ4v) is 3.56. The van der Waals surface area contributed by atoms with Gasteiger partial charge in [-0.1, -0.05) is 28.9 Å². The molecule has 168 valence electrons. The van der Waals surface area contributed by atoms with Crippen molar-refractivity contribution < 1.29 is 18.8 Å². The highest BCUT2D eigenvalue weighted by atomic mass is 35.5. The Labute approximate surface area is 198 Å². The van der Waals surface area contributed by atoms with Crippen LogP contribution in [0.25, 0.3) is 11.4 Å². The maximum Gasteiger partial charge on any atom is 0.269 e. The number of aromatic nitrogens is 2. The SMILES string of the molecule is O=C(CCc1nc(-c2ccsc2)no1)NNC(=O)c1ccc(COc2ccc(Cl)cc2)cc1. The molecule has 8 nitrogen and oxygen atoms in total. The van der Waals surface area contributed by atoms with Crippen molar-refractivity contribution in [3.8, 4) is 17.1 Å². The van der Waals surface area contributed by atoms with Gasteiger partial charge in [0.25, 0.3) is 5.91 Å². The molecular formula is C23H19ClN4O4S. The van der Waals surface area contributed by atoms with Crippen LogP contribution in [-0.4, -0.2) is 22.0 Å². The molecule has 2 aromatic heterocycles. The van der Waals surface area contributed by atoms with E-state index >= 15 is 0 Å². The Balaban J connectivity index is 1.19. The van der Waals surface area contributed by atoms with Crippen molar-refractivity contribution in [3.05, 3.63) is 87.4 Å². The minimum Gasteiger partial charge on any atom is -0.489 e. The average molecular weight is 483 g/mol. The topological polar surface area (TPSA) is 106 Å². The van der Waals surface area contributed by atoms with E-state index in [9.17, 15) is 9.59 Å². The van der Waals surface area contributed by atoms with Gasteiger partial charge in [0.1, 0.15) is 12.4 Å². The van der Waals surface area contributed by atoms with E-state index in [1.165, 1.54) is 11.3 Å². The molecule has 0 aliphatic heterocycles. The molecule has 0 radical (unpaired) electrons. The van der Waals surface area contributed by atoms with E-state index in [1.807, 2.05) is 16.8 Å². The molecule has 4 aromatic rings. The maximum absolute atomic E-state index is 12.3. The van der Waals surface area contributed by atoms with Crippen molar-refractivity contribution in [2.75, 3.05) is 0 Å². The van der Waals surface area contributed by atoms with Crippen LogP contribution < -0.4 is 15.6 Å². The fraction of sp³-hybridized carbons (Fsp3) is 0.130. The first kappa shape index (κ1) is 22.5. The van der Waals surface area contributed by atoms with Gasteiger partial charge in [-0.25, -0.2) is 0 Å². The highest BCUT2D eigenvalue weighted by Crippen LogP contribution is 2.19. The van der Waals surface area contributed by atoms with Gasteiger partial charge in [0, 0.05) is 34.4 Å². The second-order valence-corrected chi connectivity index (χ2v) is 8.18. The van der Waals surface area contributed by atoms with Gasteiger partial charge in [-0.15, -0.1) is 0 Å². The predicted octanol–water partition coefficient (Wildman–Crippen LogP) is 4.42. The van der Waals surface area contributed by atoms with Gasteiger partial charge in [0.05, 0.1) is 0 Å². The Hall–Kier alpha value is -3.69. The maximum atomic E-state index is 12.3. The second-order valence-electron chi connectivity index (χ2n) is 6.97. The molecular weight excluding hydrogens is 464 g/mol. The number of hydrazine groups is 1. The molecule has 0 saturated heterocycles. The van der Waals surface area contributed by atoms with Crippen LogP contribution in [0.3, 0.4) is 0 Å². The zero-order valence-electron chi connectivity index (χ0n) is 17.3. The number of benzene rings is 2. The van der Waals surface area contributed by atoms with Crippen molar-refractivity contribution in [1.29, 1.82) is 0 Å². The quantitative estimate of drug-likeness (QED) is 0.360. The van der Waals surface area contributed by atoms with Gasteiger partial charge in [-0.3, -0.25) is 20.4 Å². The first-order valence-electron chi connectivity index (χ1n) is 9.98. The normalized spacial score (nSPS) is 10.6. The standard InChI is InChI=1S/C23H19ClN4O4S/c24-18-5-7-19(8-6-18)31-13-15-1-3-16(4-2-15)23(30)27-26-20(29)9-10-21-25-22(28-32-21)17-11-12-33-14-17/h1-8,11-12,14H,9-10,13H2,(H,26,29)(H,27,30).